The number of hydrogen-bond acceptors (Lipinski definition) is 10. The number of thioether (sulfide) groups is 1. The van der Waals surface area contributed by atoms with Crippen molar-refractivity contribution >= 4 is 79.7 Å². The molecule has 9 nitrogen and oxygen atoms in total. The molecule has 0 bridgehead atoms. The molecule has 0 aliphatic carbocycles. The topological polar surface area (TPSA) is 82.1 Å². The summed E-state index contributed by atoms with van der Waals surface area (Å²) in [6.45, 7) is 15.4. The Labute approximate surface area is 452 Å². The minimum absolute atomic E-state index is 0.0448. The van der Waals surface area contributed by atoms with Gasteiger partial charge < -0.3 is 34.0 Å². The average Bonchev–Trinajstić information content (AvgIpc) is 3.70. The molecule has 8 rings (SSSR count). The van der Waals surface area contributed by atoms with Crippen molar-refractivity contribution < 1.29 is 30.7 Å². The fraction of sp³-hybridized carbons (Fsp3) is 0.393. The molecule has 3 atom stereocenters. The lowest BCUT2D eigenvalue weighted by molar-refractivity contribution is -0.0384. The van der Waals surface area contributed by atoms with E-state index < -0.39 is 27.1 Å². The number of rotatable bonds is 20. The Balaban J connectivity index is 0.924. The molecule has 0 amide bonds. The molecule has 2 aliphatic rings. The number of piperidine rings is 1. The summed E-state index contributed by atoms with van der Waals surface area (Å²) >= 11 is 9.09. The molecule has 0 radical (unpaired) electrons. The number of halogens is 5. The molecule has 2 aliphatic heterocycles. The molecule has 6 aromatic rings. The van der Waals surface area contributed by atoms with Gasteiger partial charge in [-0.2, -0.15) is 13.2 Å². The predicted molar refractivity (Wildman–Crippen MR) is 302 cm³/mol. The van der Waals surface area contributed by atoms with E-state index in [1.54, 1.807) is 36.2 Å². The summed E-state index contributed by atoms with van der Waals surface area (Å²) in [6.07, 6.45) is 4.65. The molecule has 396 valence electrons. The third kappa shape index (κ3) is 14.1. The van der Waals surface area contributed by atoms with E-state index in [4.69, 9.17) is 16.3 Å². The van der Waals surface area contributed by atoms with E-state index in [9.17, 15) is 21.6 Å². The predicted octanol–water partition coefficient (Wildman–Crippen LogP) is 14.2. The molecule has 18 heteroatoms. The minimum atomic E-state index is -4.95. The minimum Gasteiger partial charge on any atom is -0.380 e. The molecule has 5 aromatic carbocycles. The van der Waals surface area contributed by atoms with Gasteiger partial charge in [-0.05, 0) is 162 Å². The highest BCUT2D eigenvalue weighted by atomic mass is 35.5. The summed E-state index contributed by atoms with van der Waals surface area (Å²) in [5, 5.41) is 4.00. The first-order valence-corrected chi connectivity index (χ1v) is 29.9. The third-order valence-corrected chi connectivity index (χ3v) is 17.8. The number of piperazine rings is 1. The maximum atomic E-state index is 15.7. The van der Waals surface area contributed by atoms with Gasteiger partial charge in [0.2, 0.25) is 0 Å². The number of ether oxygens (including phenoxy) is 1. The van der Waals surface area contributed by atoms with Crippen LogP contribution in [0.4, 0.5) is 40.3 Å². The first-order valence-electron chi connectivity index (χ1n) is 25.0. The second-order valence-electron chi connectivity index (χ2n) is 19.3. The van der Waals surface area contributed by atoms with Gasteiger partial charge in [0.05, 0.1) is 44.2 Å². The summed E-state index contributed by atoms with van der Waals surface area (Å²) in [5.41, 5.74) is 1.79. The highest BCUT2D eigenvalue weighted by molar-refractivity contribution is 8.00. The van der Waals surface area contributed by atoms with E-state index in [1.165, 1.54) is 12.1 Å². The van der Waals surface area contributed by atoms with Crippen LogP contribution in [0.1, 0.15) is 58.7 Å². The Morgan fingerprint density at radius 2 is 1.45 bits per heavy atom. The molecular weight excluding hydrogens is 1040 g/mol. The van der Waals surface area contributed by atoms with E-state index in [2.05, 4.69) is 43.2 Å². The molecule has 2 saturated heterocycles. The Morgan fingerprint density at radius 3 is 2.07 bits per heavy atom. The van der Waals surface area contributed by atoms with Gasteiger partial charge in [0.1, 0.15) is 5.82 Å². The maximum absolute atomic E-state index is 15.7. The van der Waals surface area contributed by atoms with Gasteiger partial charge in [-0.25, -0.2) is 8.60 Å². The maximum Gasteiger partial charge on any atom is 0.475 e. The summed E-state index contributed by atoms with van der Waals surface area (Å²) in [4.78, 5) is 8.75. The third-order valence-electron chi connectivity index (χ3n) is 13.4. The van der Waals surface area contributed by atoms with Gasteiger partial charge in [0, 0.05) is 113 Å². The van der Waals surface area contributed by atoms with Crippen LogP contribution in [-0.4, -0.2) is 99.5 Å². The van der Waals surface area contributed by atoms with Crippen LogP contribution in [0, 0.1) is 12.7 Å². The van der Waals surface area contributed by atoms with Crippen molar-refractivity contribution in [1.29, 1.82) is 0 Å². The van der Waals surface area contributed by atoms with E-state index in [0.29, 0.717) is 58.7 Å². The molecule has 3 heterocycles. The summed E-state index contributed by atoms with van der Waals surface area (Å²) in [5.74, 6) is 0.231. The van der Waals surface area contributed by atoms with E-state index >= 15 is 4.39 Å². The number of nitrogens with zero attached hydrogens (tertiary/aromatic N) is 4. The van der Waals surface area contributed by atoms with Crippen LogP contribution in [0.25, 0.3) is 22.4 Å². The summed E-state index contributed by atoms with van der Waals surface area (Å²) in [6, 6.07) is 35.0. The van der Waals surface area contributed by atoms with Gasteiger partial charge in [0.15, 0.2) is 10.8 Å². The van der Waals surface area contributed by atoms with Gasteiger partial charge >= 0.3 is 5.51 Å². The van der Waals surface area contributed by atoms with Crippen LogP contribution in [0.3, 0.4) is 0 Å². The van der Waals surface area contributed by atoms with E-state index in [0.717, 1.165) is 88.9 Å². The number of aromatic nitrogens is 1. The van der Waals surface area contributed by atoms with Crippen molar-refractivity contribution in [2.75, 3.05) is 77.7 Å². The normalized spacial score (nSPS) is 16.2. The van der Waals surface area contributed by atoms with Gasteiger partial charge in [-0.15, -0.1) is 11.8 Å². The van der Waals surface area contributed by atoms with Gasteiger partial charge in [-0.3, -0.25) is 4.21 Å². The molecular formula is C56H65ClF4N6O3S4. The second-order valence-corrected chi connectivity index (χ2v) is 24.5. The first-order chi connectivity index (χ1) is 35.4. The van der Waals surface area contributed by atoms with Crippen molar-refractivity contribution in [1.82, 2.24) is 9.47 Å². The second kappa shape index (κ2) is 25.1. The Hall–Kier alpha value is -4.49. The number of anilines is 4. The van der Waals surface area contributed by atoms with Crippen molar-refractivity contribution in [2.24, 2.45) is 0 Å². The zero-order valence-corrected chi connectivity index (χ0v) is 46.6. The van der Waals surface area contributed by atoms with Crippen LogP contribution in [-0.2, 0) is 26.3 Å². The van der Waals surface area contributed by atoms with Crippen LogP contribution in [0.2, 0.25) is 5.02 Å². The SMILES string of the molecule is Cc1c(S(C)=O)c(-c2cc(F)cc(N3CCN(c4ccc(NSc5ccc(NC(CCN6CCC(OC(C)C)CC6)CSc6ccccc6)c(S(=O)C(F)(F)F)c5)cc4)CC3)c2)c(-c2ccc(Cl)cc2)n1C(C)C. The number of hydrogen-bond donors (Lipinski definition) is 2. The van der Waals surface area contributed by atoms with Gasteiger partial charge in [-0.1, -0.05) is 41.9 Å². The van der Waals surface area contributed by atoms with Crippen LogP contribution < -0.4 is 19.8 Å². The summed E-state index contributed by atoms with van der Waals surface area (Å²) < 4.78 is 96.5. The molecule has 3 unspecified atom stereocenters. The van der Waals surface area contributed by atoms with Crippen LogP contribution in [0.15, 0.2) is 135 Å². The fourth-order valence-electron chi connectivity index (χ4n) is 9.91. The molecule has 0 saturated carbocycles. The molecule has 74 heavy (non-hydrogen) atoms. The monoisotopic (exact) mass is 1110 g/mol. The van der Waals surface area contributed by atoms with Gasteiger partial charge in [0.25, 0.3) is 0 Å². The van der Waals surface area contributed by atoms with E-state index in [1.807, 2.05) is 106 Å². The lowest BCUT2D eigenvalue weighted by Crippen LogP contribution is -2.46. The van der Waals surface area contributed by atoms with Crippen molar-refractivity contribution in [3.8, 4) is 22.4 Å². The molecule has 1 aromatic heterocycles. The number of benzene rings is 5. The first kappa shape index (κ1) is 55.7. The molecule has 2 fully saturated rings. The lowest BCUT2D eigenvalue weighted by atomic mass is 9.99. The average molecular weight is 1110 g/mol. The molecule has 2 N–H and O–H groups in total. The zero-order chi connectivity index (χ0) is 52.7. The quantitative estimate of drug-likeness (QED) is 0.0438. The Kier molecular flexibility index (Phi) is 18.9. The number of nitrogens with one attached hydrogen (secondary N) is 2. The van der Waals surface area contributed by atoms with Crippen molar-refractivity contribution in [3.05, 3.63) is 132 Å². The van der Waals surface area contributed by atoms with Crippen molar-refractivity contribution in [3.63, 3.8) is 0 Å². The van der Waals surface area contributed by atoms with Crippen LogP contribution >= 0.6 is 35.3 Å². The lowest BCUT2D eigenvalue weighted by Gasteiger charge is -2.37. The standard InChI is InChI=1S/C56H65ClF4N6O3S4/c1-37(2)67-39(5)55(73(6)68)53(54(67)40-12-14-42(57)15-13-40)41-32-43(58)34-47(33-41)66-30-28-65(29-31-66)46-18-16-44(17-19-46)63-72-50-20-21-51(52(35-50)74(69)56(59,60)61)62-45(36-71-49-10-8-7-9-11-49)22-25-64-26-23-48(24-27-64)70-38(3)4/h7-21,32-35,37-38,45,48,62-63H,22-31,36H2,1-6H3. The number of likely N-dealkylation sites (tertiary alicyclic amines) is 1. The fourth-order valence-corrected chi connectivity index (χ4v) is 13.6. The Bertz CT molecular complexity index is 2870. The highest BCUT2D eigenvalue weighted by Crippen LogP contribution is 2.44. The summed E-state index contributed by atoms with van der Waals surface area (Å²) in [7, 11) is -4.63. The number of alkyl halides is 3. The van der Waals surface area contributed by atoms with Crippen molar-refractivity contribution in [2.45, 2.75) is 103 Å². The zero-order valence-electron chi connectivity index (χ0n) is 42.6. The van der Waals surface area contributed by atoms with Crippen LogP contribution in [0.5, 0.6) is 0 Å². The Morgan fingerprint density at radius 1 is 0.784 bits per heavy atom. The molecule has 0 spiro atoms. The largest absolute Gasteiger partial charge is 0.475 e. The van der Waals surface area contributed by atoms with E-state index in [-0.39, 0.29) is 40.7 Å². The highest BCUT2D eigenvalue weighted by Gasteiger charge is 2.40. The smallest absolute Gasteiger partial charge is 0.380 e.